The molecule has 3 nitrogen and oxygen atoms in total. The molecule has 2 fully saturated rings. The van der Waals surface area contributed by atoms with Crippen LogP contribution in [0.2, 0.25) is 0 Å². The first-order chi connectivity index (χ1) is 7.74. The van der Waals surface area contributed by atoms with Crippen molar-refractivity contribution in [2.75, 3.05) is 13.1 Å². The molecule has 0 spiro atoms. The number of nitrogens with two attached hydrogens (primary N) is 1. The SMILES string of the molecule is NC1C=CC(C(=O)N2CC3CCCC3C2)C1. The number of carbonyl (C=O) groups is 1. The van der Waals surface area contributed by atoms with Crippen molar-refractivity contribution in [3.63, 3.8) is 0 Å². The van der Waals surface area contributed by atoms with Crippen LogP contribution in [0, 0.1) is 17.8 Å². The van der Waals surface area contributed by atoms with Crippen molar-refractivity contribution in [1.29, 1.82) is 0 Å². The lowest BCUT2D eigenvalue weighted by Gasteiger charge is -2.20. The molecule has 1 aliphatic heterocycles. The Bertz CT molecular complexity index is 314. The molecule has 16 heavy (non-hydrogen) atoms. The summed E-state index contributed by atoms with van der Waals surface area (Å²) in [4.78, 5) is 14.3. The summed E-state index contributed by atoms with van der Waals surface area (Å²) >= 11 is 0. The fourth-order valence-corrected chi connectivity index (χ4v) is 3.56. The van der Waals surface area contributed by atoms with Crippen molar-refractivity contribution in [2.45, 2.75) is 31.7 Å². The first-order valence-electron chi connectivity index (χ1n) is 6.47. The molecule has 0 radical (unpaired) electrons. The summed E-state index contributed by atoms with van der Waals surface area (Å²) < 4.78 is 0. The normalized spacial score (nSPS) is 41.7. The van der Waals surface area contributed by atoms with E-state index in [0.717, 1.165) is 31.3 Å². The minimum Gasteiger partial charge on any atom is -0.342 e. The average Bonchev–Trinajstić information content (AvgIpc) is 2.89. The predicted molar refractivity (Wildman–Crippen MR) is 62.6 cm³/mol. The van der Waals surface area contributed by atoms with E-state index in [1.807, 2.05) is 12.2 Å². The second-order valence-corrected chi connectivity index (χ2v) is 5.59. The number of nitrogens with zero attached hydrogens (tertiary/aromatic N) is 1. The fourth-order valence-electron chi connectivity index (χ4n) is 3.56. The minimum atomic E-state index is 0.0637. The van der Waals surface area contributed by atoms with Gasteiger partial charge in [-0.1, -0.05) is 18.6 Å². The number of hydrogen-bond acceptors (Lipinski definition) is 2. The molecule has 3 heteroatoms. The van der Waals surface area contributed by atoms with Crippen molar-refractivity contribution in [3.8, 4) is 0 Å². The van der Waals surface area contributed by atoms with Crippen LogP contribution in [-0.2, 0) is 4.79 Å². The van der Waals surface area contributed by atoms with Gasteiger partial charge in [0.2, 0.25) is 5.91 Å². The first kappa shape index (κ1) is 10.3. The van der Waals surface area contributed by atoms with Crippen LogP contribution >= 0.6 is 0 Å². The van der Waals surface area contributed by atoms with Crippen LogP contribution in [0.1, 0.15) is 25.7 Å². The maximum atomic E-state index is 12.2. The molecule has 88 valence electrons. The van der Waals surface area contributed by atoms with E-state index in [4.69, 9.17) is 5.73 Å². The van der Waals surface area contributed by atoms with Gasteiger partial charge >= 0.3 is 0 Å². The number of amides is 1. The molecule has 0 aromatic carbocycles. The Morgan fingerprint density at radius 2 is 1.88 bits per heavy atom. The quantitative estimate of drug-likeness (QED) is 0.674. The minimum absolute atomic E-state index is 0.0637. The van der Waals surface area contributed by atoms with Gasteiger partial charge in [-0.25, -0.2) is 0 Å². The van der Waals surface area contributed by atoms with Gasteiger partial charge in [0.05, 0.1) is 5.92 Å². The Labute approximate surface area is 96.7 Å². The molecule has 1 saturated carbocycles. The van der Waals surface area contributed by atoms with Crippen molar-refractivity contribution in [1.82, 2.24) is 4.90 Å². The Hall–Kier alpha value is -0.830. The topological polar surface area (TPSA) is 46.3 Å². The van der Waals surface area contributed by atoms with Gasteiger partial charge in [-0.2, -0.15) is 0 Å². The van der Waals surface area contributed by atoms with E-state index in [0.29, 0.717) is 5.91 Å². The van der Waals surface area contributed by atoms with Crippen molar-refractivity contribution in [2.24, 2.45) is 23.5 Å². The van der Waals surface area contributed by atoms with Gasteiger partial charge in [0.25, 0.3) is 0 Å². The van der Waals surface area contributed by atoms with Gasteiger partial charge in [0.1, 0.15) is 0 Å². The van der Waals surface area contributed by atoms with E-state index in [1.54, 1.807) is 0 Å². The third-order valence-electron chi connectivity index (χ3n) is 4.47. The maximum Gasteiger partial charge on any atom is 0.229 e. The van der Waals surface area contributed by atoms with E-state index in [9.17, 15) is 4.79 Å². The third kappa shape index (κ3) is 1.67. The van der Waals surface area contributed by atoms with E-state index >= 15 is 0 Å². The highest BCUT2D eigenvalue weighted by molar-refractivity contribution is 5.81. The molecule has 1 saturated heterocycles. The molecule has 3 aliphatic rings. The Balaban J connectivity index is 1.62. The standard InChI is InChI=1S/C13H20N2O/c14-12-5-4-9(6-12)13(16)15-7-10-2-1-3-11(10)8-15/h4-5,9-12H,1-3,6-8,14H2. The number of rotatable bonds is 1. The fraction of sp³-hybridized carbons (Fsp3) is 0.769. The molecular weight excluding hydrogens is 200 g/mol. The van der Waals surface area contributed by atoms with Gasteiger partial charge in [0.15, 0.2) is 0 Å². The van der Waals surface area contributed by atoms with Crippen molar-refractivity contribution >= 4 is 5.91 Å². The van der Waals surface area contributed by atoms with E-state index in [-0.39, 0.29) is 12.0 Å². The van der Waals surface area contributed by atoms with Gasteiger partial charge in [-0.15, -0.1) is 0 Å². The second-order valence-electron chi connectivity index (χ2n) is 5.59. The summed E-state index contributed by atoms with van der Waals surface area (Å²) in [6.45, 7) is 2.01. The monoisotopic (exact) mass is 220 g/mol. The first-order valence-corrected chi connectivity index (χ1v) is 6.47. The lowest BCUT2D eigenvalue weighted by molar-refractivity contribution is -0.133. The zero-order chi connectivity index (χ0) is 11.1. The second kappa shape index (κ2) is 3.88. The zero-order valence-electron chi connectivity index (χ0n) is 9.64. The van der Waals surface area contributed by atoms with Gasteiger partial charge in [-0.05, 0) is 31.1 Å². The Morgan fingerprint density at radius 1 is 1.19 bits per heavy atom. The molecular formula is C13H20N2O. The summed E-state index contributed by atoms with van der Waals surface area (Å²) in [5, 5.41) is 0. The summed E-state index contributed by atoms with van der Waals surface area (Å²) in [5.74, 6) is 1.97. The maximum absolute atomic E-state index is 12.2. The molecule has 0 bridgehead atoms. The number of fused-ring (bicyclic) bond motifs is 1. The van der Waals surface area contributed by atoms with E-state index in [1.165, 1.54) is 19.3 Å². The van der Waals surface area contributed by atoms with Gasteiger partial charge in [-0.3, -0.25) is 4.79 Å². The summed E-state index contributed by atoms with van der Waals surface area (Å²) in [5.41, 5.74) is 5.80. The summed E-state index contributed by atoms with van der Waals surface area (Å²) in [6, 6.07) is 0.0936. The molecule has 1 heterocycles. The number of likely N-dealkylation sites (tertiary alicyclic amines) is 1. The van der Waals surface area contributed by atoms with Crippen LogP contribution in [-0.4, -0.2) is 29.9 Å². The van der Waals surface area contributed by atoms with Crippen LogP contribution in [0.3, 0.4) is 0 Å². The van der Waals surface area contributed by atoms with Crippen LogP contribution in [0.25, 0.3) is 0 Å². The predicted octanol–water partition coefficient (Wildman–Crippen LogP) is 1.15. The van der Waals surface area contributed by atoms with Crippen molar-refractivity contribution < 1.29 is 4.79 Å². The van der Waals surface area contributed by atoms with E-state index < -0.39 is 0 Å². The lowest BCUT2D eigenvalue weighted by atomic mass is 10.0. The number of hydrogen-bond donors (Lipinski definition) is 1. The molecule has 4 unspecified atom stereocenters. The molecule has 4 atom stereocenters. The molecule has 2 N–H and O–H groups in total. The highest BCUT2D eigenvalue weighted by Gasteiger charge is 2.39. The Kier molecular flexibility index (Phi) is 2.51. The molecule has 0 aromatic heterocycles. The lowest BCUT2D eigenvalue weighted by Crippen LogP contribution is -2.34. The largest absolute Gasteiger partial charge is 0.342 e. The van der Waals surface area contributed by atoms with Gasteiger partial charge < -0.3 is 10.6 Å². The molecule has 1 amide bonds. The third-order valence-corrected chi connectivity index (χ3v) is 4.47. The molecule has 2 aliphatic carbocycles. The van der Waals surface area contributed by atoms with Crippen LogP contribution < -0.4 is 5.73 Å². The summed E-state index contributed by atoms with van der Waals surface area (Å²) in [7, 11) is 0. The smallest absolute Gasteiger partial charge is 0.229 e. The van der Waals surface area contributed by atoms with Crippen LogP contribution in [0.4, 0.5) is 0 Å². The average molecular weight is 220 g/mol. The van der Waals surface area contributed by atoms with Crippen LogP contribution in [0.15, 0.2) is 12.2 Å². The summed E-state index contributed by atoms with van der Waals surface area (Å²) in [6.07, 6.45) is 8.81. The highest BCUT2D eigenvalue weighted by Crippen LogP contribution is 2.38. The Morgan fingerprint density at radius 3 is 2.44 bits per heavy atom. The van der Waals surface area contributed by atoms with Gasteiger partial charge in [0, 0.05) is 19.1 Å². The molecule has 3 rings (SSSR count). The number of carbonyl (C=O) groups excluding carboxylic acids is 1. The van der Waals surface area contributed by atoms with Crippen LogP contribution in [0.5, 0.6) is 0 Å². The highest BCUT2D eigenvalue weighted by atomic mass is 16.2. The van der Waals surface area contributed by atoms with Crippen molar-refractivity contribution in [3.05, 3.63) is 12.2 Å². The van der Waals surface area contributed by atoms with E-state index in [2.05, 4.69) is 4.90 Å². The molecule has 0 aromatic rings. The zero-order valence-corrected chi connectivity index (χ0v) is 9.64.